The number of carbonyl (C=O) groups excluding carboxylic acids is 6. The van der Waals surface area contributed by atoms with Crippen molar-refractivity contribution in [1.82, 2.24) is 0 Å². The van der Waals surface area contributed by atoms with E-state index in [1.165, 1.54) is 90.3 Å². The number of esters is 6. The van der Waals surface area contributed by atoms with Crippen molar-refractivity contribution in [2.75, 3.05) is 36.2 Å². The van der Waals surface area contributed by atoms with Crippen LogP contribution in [0.3, 0.4) is 0 Å². The van der Waals surface area contributed by atoms with Gasteiger partial charge in [0.15, 0.2) is 0 Å². The number of carbonyl (C=O) groups is 6. The molecule has 0 aromatic heterocycles. The maximum Gasteiger partial charge on any atom is 0.343 e. The lowest BCUT2D eigenvalue weighted by Crippen LogP contribution is -2.11. The fraction of sp³-hybridized carbons (Fsp3) is 0.222. The van der Waals surface area contributed by atoms with Crippen LogP contribution in [0.2, 0.25) is 5.02 Å². The molecular weight excluding hydrogens is 724 g/mol. The highest BCUT2D eigenvalue weighted by Gasteiger charge is 2.16. The normalized spacial score (nSPS) is 10.3. The zero-order valence-electron chi connectivity index (χ0n) is 27.2. The number of thioether (sulfide) groups is 2. The van der Waals surface area contributed by atoms with Gasteiger partial charge in [-0.15, -0.1) is 0 Å². The van der Waals surface area contributed by atoms with Gasteiger partial charge in [-0.05, 0) is 60.7 Å². The highest BCUT2D eigenvalue weighted by Crippen LogP contribution is 2.30. The summed E-state index contributed by atoms with van der Waals surface area (Å²) < 4.78 is 31.0. The lowest BCUT2D eigenvalue weighted by atomic mass is 10.2. The van der Waals surface area contributed by atoms with Gasteiger partial charge in [0.25, 0.3) is 0 Å². The molecule has 0 aliphatic heterocycles. The summed E-state index contributed by atoms with van der Waals surface area (Å²) >= 11 is 9.14. The molecular formula is C36H33ClO12S2. The maximum atomic E-state index is 12.7. The van der Waals surface area contributed by atoms with E-state index in [0.29, 0.717) is 23.0 Å². The largest absolute Gasteiger partial charge is 0.462 e. The van der Waals surface area contributed by atoms with Crippen LogP contribution in [0.1, 0.15) is 33.6 Å². The van der Waals surface area contributed by atoms with E-state index in [1.54, 1.807) is 0 Å². The minimum absolute atomic E-state index is 0.00846. The first-order valence-electron chi connectivity index (χ1n) is 15.2. The summed E-state index contributed by atoms with van der Waals surface area (Å²) in [5.41, 5.74) is 0.352. The molecule has 0 aliphatic rings. The first-order chi connectivity index (χ1) is 24.6. The molecule has 0 spiro atoms. The third-order valence-electron chi connectivity index (χ3n) is 6.14. The summed E-state index contributed by atoms with van der Waals surface area (Å²) in [7, 11) is 0. The van der Waals surface area contributed by atoms with Gasteiger partial charge in [0.05, 0.1) is 29.0 Å². The third kappa shape index (κ3) is 15.2. The Bertz CT molecular complexity index is 1710. The lowest BCUT2D eigenvalue weighted by Gasteiger charge is -2.10. The van der Waals surface area contributed by atoms with E-state index >= 15 is 0 Å². The second kappa shape index (κ2) is 21.9. The summed E-state index contributed by atoms with van der Waals surface area (Å²) in [6, 6.07) is 15.6. The van der Waals surface area contributed by atoms with Crippen molar-refractivity contribution < 1.29 is 57.2 Å². The van der Waals surface area contributed by atoms with Crippen molar-refractivity contribution in [1.29, 1.82) is 0 Å². The molecule has 0 saturated carbocycles. The predicted octanol–water partition coefficient (Wildman–Crippen LogP) is 6.29. The third-order valence-corrected chi connectivity index (χ3v) is 8.33. The number of ether oxygens (including phenoxy) is 6. The molecule has 268 valence electrons. The predicted molar refractivity (Wildman–Crippen MR) is 192 cm³/mol. The second-order valence-electron chi connectivity index (χ2n) is 9.84. The molecule has 0 atom stereocenters. The van der Waals surface area contributed by atoms with Crippen LogP contribution in [-0.4, -0.2) is 72.0 Å². The molecule has 3 rings (SSSR count). The molecule has 0 radical (unpaired) electrons. The number of hydrogen-bond donors (Lipinski definition) is 0. The van der Waals surface area contributed by atoms with Crippen LogP contribution in [0.15, 0.2) is 92.0 Å². The number of rotatable bonds is 20. The van der Waals surface area contributed by atoms with Crippen LogP contribution in [0, 0.1) is 0 Å². The molecule has 0 N–H and O–H groups in total. The van der Waals surface area contributed by atoms with Crippen LogP contribution in [0.25, 0.3) is 0 Å². The fourth-order valence-electron chi connectivity index (χ4n) is 3.67. The smallest absolute Gasteiger partial charge is 0.343 e. The van der Waals surface area contributed by atoms with Crippen molar-refractivity contribution >= 4 is 70.9 Å². The summed E-state index contributed by atoms with van der Waals surface area (Å²) in [5, 5.41) is 0.00846. The summed E-state index contributed by atoms with van der Waals surface area (Å²) in [6.07, 6.45) is 2.44. The van der Waals surface area contributed by atoms with E-state index in [9.17, 15) is 28.8 Å². The Hall–Kier alpha value is -5.05. The Morgan fingerprint density at radius 3 is 1.43 bits per heavy atom. The molecule has 0 amide bonds. The molecule has 0 saturated heterocycles. The Kier molecular flexibility index (Phi) is 17.3. The van der Waals surface area contributed by atoms with Crippen LogP contribution < -0.4 is 18.9 Å². The minimum Gasteiger partial charge on any atom is -0.462 e. The summed E-state index contributed by atoms with van der Waals surface area (Å²) in [5.74, 6) is -0.726. The highest BCUT2D eigenvalue weighted by molar-refractivity contribution is 7.99. The van der Waals surface area contributed by atoms with Crippen LogP contribution in [0.5, 0.6) is 23.0 Å². The minimum atomic E-state index is -0.723. The van der Waals surface area contributed by atoms with Gasteiger partial charge in [-0.1, -0.05) is 24.8 Å². The van der Waals surface area contributed by atoms with Crippen molar-refractivity contribution in [3.63, 3.8) is 0 Å². The van der Waals surface area contributed by atoms with Gasteiger partial charge in [-0.3, -0.25) is 9.59 Å². The van der Waals surface area contributed by atoms with E-state index in [0.717, 1.165) is 12.2 Å². The van der Waals surface area contributed by atoms with Crippen molar-refractivity contribution in [2.24, 2.45) is 0 Å². The Labute approximate surface area is 307 Å². The van der Waals surface area contributed by atoms with E-state index in [2.05, 4.69) is 13.2 Å². The zero-order chi connectivity index (χ0) is 37.0. The molecule has 51 heavy (non-hydrogen) atoms. The monoisotopic (exact) mass is 756 g/mol. The van der Waals surface area contributed by atoms with Gasteiger partial charge >= 0.3 is 35.8 Å². The van der Waals surface area contributed by atoms with Gasteiger partial charge in [0, 0.05) is 41.2 Å². The quantitative estimate of drug-likeness (QED) is 0.0548. The van der Waals surface area contributed by atoms with Gasteiger partial charge in [0.1, 0.15) is 36.2 Å². The molecule has 15 heteroatoms. The van der Waals surface area contributed by atoms with Gasteiger partial charge in [-0.25, -0.2) is 19.2 Å². The first-order valence-corrected chi connectivity index (χ1v) is 17.9. The van der Waals surface area contributed by atoms with Crippen molar-refractivity contribution in [2.45, 2.75) is 12.8 Å². The summed E-state index contributed by atoms with van der Waals surface area (Å²) in [6.45, 7) is 7.05. The topological polar surface area (TPSA) is 158 Å². The molecule has 0 aliphatic carbocycles. The average Bonchev–Trinajstić information content (AvgIpc) is 3.12. The van der Waals surface area contributed by atoms with Crippen LogP contribution in [-0.2, 0) is 28.7 Å². The molecule has 0 bridgehead atoms. The van der Waals surface area contributed by atoms with Crippen LogP contribution >= 0.6 is 35.1 Å². The Morgan fingerprint density at radius 1 is 0.569 bits per heavy atom. The highest BCUT2D eigenvalue weighted by atomic mass is 35.5. The van der Waals surface area contributed by atoms with E-state index in [1.807, 2.05) is 0 Å². The van der Waals surface area contributed by atoms with Crippen molar-refractivity contribution in [3.05, 3.63) is 108 Å². The molecule has 0 unspecified atom stereocenters. The molecule has 0 fully saturated rings. The SMILES string of the molecule is C=CC(=O)OCCSCCC(=O)Oc1ccc(C(=O)Oc2ccc(OC(=O)c3ccc(OC(=O)CCSCCOC(=O)C=C)cc3)c(Cl)c2)cc1. The van der Waals surface area contributed by atoms with Crippen LogP contribution in [0.4, 0.5) is 0 Å². The maximum absolute atomic E-state index is 12.7. The van der Waals surface area contributed by atoms with Gasteiger partial charge in [-0.2, -0.15) is 23.5 Å². The second-order valence-corrected chi connectivity index (χ2v) is 12.7. The standard InChI is InChI=1S/C36H33ClO12S2/c1-3-31(38)44-17-21-50-19-15-33(40)46-26-9-5-24(6-10-26)35(42)48-28-13-14-30(29(37)23-28)49-36(43)25-7-11-27(12-8-25)47-34(41)16-20-51-22-18-45-32(39)4-2/h3-14,23H,1-2,15-22H2. The Balaban J connectivity index is 1.40. The molecule has 3 aromatic carbocycles. The van der Waals surface area contributed by atoms with E-state index in [-0.39, 0.29) is 65.2 Å². The molecule has 0 heterocycles. The first kappa shape index (κ1) is 40.4. The molecule has 12 nitrogen and oxygen atoms in total. The van der Waals surface area contributed by atoms with Gasteiger partial charge < -0.3 is 28.4 Å². The van der Waals surface area contributed by atoms with E-state index in [4.69, 9.17) is 40.0 Å². The zero-order valence-corrected chi connectivity index (χ0v) is 29.6. The van der Waals surface area contributed by atoms with Crippen molar-refractivity contribution in [3.8, 4) is 23.0 Å². The fourth-order valence-corrected chi connectivity index (χ4v) is 5.31. The number of halogens is 1. The number of hydrogen-bond acceptors (Lipinski definition) is 14. The Morgan fingerprint density at radius 2 is 1.00 bits per heavy atom. The van der Waals surface area contributed by atoms with Gasteiger partial charge in [0.2, 0.25) is 0 Å². The number of benzene rings is 3. The lowest BCUT2D eigenvalue weighted by molar-refractivity contribution is -0.138. The molecule has 3 aromatic rings. The van der Waals surface area contributed by atoms with E-state index < -0.39 is 35.8 Å². The average molecular weight is 757 g/mol. The summed E-state index contributed by atoms with van der Waals surface area (Å²) in [4.78, 5) is 71.5.